The SMILES string of the molecule is C[S+]([O-])Nc1ccccc1-c1nc(N2CCOCC2)c2nc3n(c2n1)CCOC3(C)C. The molecule has 1 N–H and O–H groups in total. The van der Waals surface area contributed by atoms with Crippen LogP contribution in [0.5, 0.6) is 0 Å². The number of rotatable bonds is 4. The lowest BCUT2D eigenvalue weighted by Crippen LogP contribution is -2.37. The molecule has 9 nitrogen and oxygen atoms in total. The van der Waals surface area contributed by atoms with E-state index in [1.807, 2.05) is 38.1 Å². The Morgan fingerprint density at radius 1 is 1.06 bits per heavy atom. The van der Waals surface area contributed by atoms with Crippen molar-refractivity contribution >= 4 is 34.0 Å². The van der Waals surface area contributed by atoms with Crippen molar-refractivity contribution in [1.29, 1.82) is 0 Å². The average Bonchev–Trinajstić information content (AvgIpc) is 3.14. The van der Waals surface area contributed by atoms with Gasteiger partial charge in [0.05, 0.1) is 36.9 Å². The molecule has 1 unspecified atom stereocenters. The molecule has 10 heteroatoms. The van der Waals surface area contributed by atoms with Crippen LogP contribution in [-0.4, -0.2) is 63.2 Å². The monoisotopic (exact) mass is 442 g/mol. The number of hydrogen-bond donors (Lipinski definition) is 1. The van der Waals surface area contributed by atoms with E-state index < -0.39 is 17.0 Å². The molecule has 1 fully saturated rings. The molecule has 0 aliphatic carbocycles. The van der Waals surface area contributed by atoms with Crippen molar-refractivity contribution in [2.75, 3.05) is 48.8 Å². The van der Waals surface area contributed by atoms with Gasteiger partial charge in [0.25, 0.3) is 0 Å². The van der Waals surface area contributed by atoms with Gasteiger partial charge in [-0.15, -0.1) is 0 Å². The molecule has 31 heavy (non-hydrogen) atoms. The molecule has 0 radical (unpaired) electrons. The van der Waals surface area contributed by atoms with Crippen molar-refractivity contribution in [3.8, 4) is 11.4 Å². The highest BCUT2D eigenvalue weighted by molar-refractivity contribution is 7.92. The maximum Gasteiger partial charge on any atom is 0.166 e. The molecule has 164 valence electrons. The van der Waals surface area contributed by atoms with E-state index in [-0.39, 0.29) is 0 Å². The summed E-state index contributed by atoms with van der Waals surface area (Å²) in [5.41, 5.74) is 2.61. The quantitative estimate of drug-likeness (QED) is 0.615. The van der Waals surface area contributed by atoms with Crippen LogP contribution in [0.1, 0.15) is 19.7 Å². The predicted molar refractivity (Wildman–Crippen MR) is 120 cm³/mol. The molecule has 0 bridgehead atoms. The van der Waals surface area contributed by atoms with Gasteiger partial charge in [0, 0.05) is 25.2 Å². The van der Waals surface area contributed by atoms with Crippen molar-refractivity contribution in [3.63, 3.8) is 0 Å². The normalized spacial score (nSPS) is 19.3. The lowest BCUT2D eigenvalue weighted by Gasteiger charge is -2.30. The second kappa shape index (κ2) is 7.94. The lowest BCUT2D eigenvalue weighted by molar-refractivity contribution is -0.0530. The van der Waals surface area contributed by atoms with E-state index in [0.29, 0.717) is 32.2 Å². The van der Waals surface area contributed by atoms with Crippen molar-refractivity contribution < 1.29 is 14.0 Å². The number of nitrogens with zero attached hydrogens (tertiary/aromatic N) is 5. The number of imidazole rings is 1. The summed E-state index contributed by atoms with van der Waals surface area (Å²) in [6, 6.07) is 7.67. The molecule has 5 rings (SSSR count). The summed E-state index contributed by atoms with van der Waals surface area (Å²) in [7, 11) is 0. The predicted octanol–water partition coefficient (Wildman–Crippen LogP) is 2.30. The standard InChI is InChI=1S/C21H26N6O3S/c1-21(2)20-22-16-18(26-8-11-29-12-9-26)23-17(24-19(16)27(20)10-13-30-21)14-6-4-5-7-15(14)25-31(3)28/h4-7,25H,8-13H2,1-3H3. The Bertz CT molecular complexity index is 1110. The maximum atomic E-state index is 11.9. The van der Waals surface area contributed by atoms with Crippen LogP contribution in [-0.2, 0) is 33.0 Å². The first-order chi connectivity index (χ1) is 14.9. The number of ether oxygens (including phenoxy) is 2. The zero-order valence-corrected chi connectivity index (χ0v) is 18.7. The molecule has 0 saturated carbocycles. The smallest absolute Gasteiger partial charge is 0.166 e. The van der Waals surface area contributed by atoms with Gasteiger partial charge in [-0.05, 0) is 26.0 Å². The van der Waals surface area contributed by atoms with Crippen molar-refractivity contribution in [2.24, 2.45) is 0 Å². The lowest BCUT2D eigenvalue weighted by atomic mass is 10.1. The van der Waals surface area contributed by atoms with Crippen LogP contribution in [0, 0.1) is 0 Å². The van der Waals surface area contributed by atoms with Gasteiger partial charge in [-0.3, -0.25) is 0 Å². The molecule has 0 amide bonds. The van der Waals surface area contributed by atoms with E-state index in [2.05, 4.69) is 14.2 Å². The van der Waals surface area contributed by atoms with E-state index in [9.17, 15) is 4.55 Å². The summed E-state index contributed by atoms with van der Waals surface area (Å²) in [6.45, 7) is 8.13. The number of anilines is 2. The van der Waals surface area contributed by atoms with E-state index in [1.54, 1.807) is 6.26 Å². The largest absolute Gasteiger partial charge is 0.593 e. The first-order valence-electron chi connectivity index (χ1n) is 10.4. The Balaban J connectivity index is 1.74. The molecule has 2 aliphatic heterocycles. The molecule has 1 atom stereocenters. The second-order valence-corrected chi connectivity index (χ2v) is 9.30. The first kappa shape index (κ1) is 20.5. The van der Waals surface area contributed by atoms with E-state index in [1.165, 1.54) is 0 Å². The van der Waals surface area contributed by atoms with Gasteiger partial charge in [-0.2, -0.15) is 0 Å². The van der Waals surface area contributed by atoms with E-state index in [4.69, 9.17) is 24.4 Å². The molecular weight excluding hydrogens is 416 g/mol. The molecule has 4 heterocycles. The van der Waals surface area contributed by atoms with Crippen LogP contribution >= 0.6 is 0 Å². The van der Waals surface area contributed by atoms with Gasteiger partial charge < -0.3 is 23.5 Å². The fourth-order valence-electron chi connectivity index (χ4n) is 4.15. The summed E-state index contributed by atoms with van der Waals surface area (Å²) < 4.78 is 28.5. The highest BCUT2D eigenvalue weighted by Gasteiger charge is 2.34. The van der Waals surface area contributed by atoms with Gasteiger partial charge in [-0.25, -0.2) is 19.7 Å². The topological polar surface area (TPSA) is 100 Å². The molecule has 0 spiro atoms. The number of morpholine rings is 1. The van der Waals surface area contributed by atoms with Gasteiger partial charge in [0.1, 0.15) is 17.7 Å². The van der Waals surface area contributed by atoms with Crippen molar-refractivity contribution in [3.05, 3.63) is 30.1 Å². The summed E-state index contributed by atoms with van der Waals surface area (Å²) in [5.74, 6) is 2.23. The molecule has 2 aliphatic rings. The third kappa shape index (κ3) is 3.73. The number of fused-ring (bicyclic) bond motifs is 3. The van der Waals surface area contributed by atoms with Crippen molar-refractivity contribution in [1.82, 2.24) is 19.5 Å². The first-order valence-corrected chi connectivity index (χ1v) is 11.9. The number of hydrogen-bond acceptors (Lipinski definition) is 8. The zero-order chi connectivity index (χ0) is 21.6. The Hall–Kier alpha value is -2.40. The fourth-order valence-corrected chi connectivity index (χ4v) is 4.64. The minimum absolute atomic E-state index is 0.500. The van der Waals surface area contributed by atoms with Crippen LogP contribution < -0.4 is 9.62 Å². The molecule has 2 aromatic heterocycles. The average molecular weight is 443 g/mol. The van der Waals surface area contributed by atoms with Gasteiger partial charge in [0.15, 0.2) is 22.8 Å². The summed E-state index contributed by atoms with van der Waals surface area (Å²) in [5, 5.41) is 0. The Kier molecular flexibility index (Phi) is 5.25. The number of nitrogens with one attached hydrogen (secondary N) is 1. The summed E-state index contributed by atoms with van der Waals surface area (Å²) in [4.78, 5) is 17.1. The number of benzene rings is 1. The summed E-state index contributed by atoms with van der Waals surface area (Å²) >= 11 is -1.21. The second-order valence-electron chi connectivity index (χ2n) is 8.19. The molecule has 1 aromatic carbocycles. The Morgan fingerprint density at radius 3 is 2.61 bits per heavy atom. The Morgan fingerprint density at radius 2 is 1.84 bits per heavy atom. The van der Waals surface area contributed by atoms with Crippen LogP contribution in [0.2, 0.25) is 0 Å². The van der Waals surface area contributed by atoms with Gasteiger partial charge in [-0.1, -0.05) is 12.1 Å². The van der Waals surface area contributed by atoms with Crippen LogP contribution in [0.15, 0.2) is 24.3 Å². The molecule has 1 saturated heterocycles. The highest BCUT2D eigenvalue weighted by atomic mass is 32.2. The van der Waals surface area contributed by atoms with Gasteiger partial charge in [0.2, 0.25) is 0 Å². The maximum absolute atomic E-state index is 11.9. The van der Waals surface area contributed by atoms with E-state index >= 15 is 0 Å². The van der Waals surface area contributed by atoms with Crippen LogP contribution in [0.25, 0.3) is 22.6 Å². The van der Waals surface area contributed by atoms with Gasteiger partial charge >= 0.3 is 0 Å². The number of aromatic nitrogens is 4. The number of para-hydroxylation sites is 1. The van der Waals surface area contributed by atoms with Crippen LogP contribution in [0.3, 0.4) is 0 Å². The minimum atomic E-state index is -1.21. The van der Waals surface area contributed by atoms with Crippen LogP contribution in [0.4, 0.5) is 11.5 Å². The summed E-state index contributed by atoms with van der Waals surface area (Å²) in [6.07, 6.45) is 1.61. The highest BCUT2D eigenvalue weighted by Crippen LogP contribution is 2.36. The Labute approximate surface area is 184 Å². The molecular formula is C21H26N6O3S. The fraction of sp³-hybridized carbons (Fsp3) is 0.476. The third-order valence-electron chi connectivity index (χ3n) is 5.62. The van der Waals surface area contributed by atoms with Crippen molar-refractivity contribution in [2.45, 2.75) is 26.0 Å². The third-order valence-corrected chi connectivity index (χ3v) is 6.13. The minimum Gasteiger partial charge on any atom is -0.593 e. The molecule has 3 aromatic rings. The van der Waals surface area contributed by atoms with E-state index in [0.717, 1.165) is 47.1 Å². The zero-order valence-electron chi connectivity index (χ0n) is 17.9.